The molecule has 0 saturated heterocycles. The molecule has 0 spiro atoms. The highest BCUT2D eigenvalue weighted by Gasteiger charge is 2.13. The van der Waals surface area contributed by atoms with Crippen LogP contribution < -0.4 is 10.2 Å². The third kappa shape index (κ3) is 3.61. The molecule has 0 atom stereocenters. The number of para-hydroxylation sites is 1. The number of hydrogen-bond donors (Lipinski definition) is 1. The normalized spacial score (nSPS) is 10.4. The Bertz CT molecular complexity index is 673. The third-order valence-electron chi connectivity index (χ3n) is 3.49. The fraction of sp³-hybridized carbons (Fsp3) is 0.235. The molecule has 1 N–H and O–H groups in total. The summed E-state index contributed by atoms with van der Waals surface area (Å²) in [7, 11) is 1.95. The van der Waals surface area contributed by atoms with Gasteiger partial charge in [-0.05, 0) is 36.8 Å². The van der Waals surface area contributed by atoms with Crippen LogP contribution in [0.25, 0.3) is 0 Å². The summed E-state index contributed by atoms with van der Waals surface area (Å²) >= 11 is 0. The van der Waals surface area contributed by atoms with E-state index in [4.69, 9.17) is 0 Å². The lowest BCUT2D eigenvalue weighted by molar-refractivity contribution is 0.0946. The van der Waals surface area contributed by atoms with E-state index >= 15 is 0 Å². The number of benzene rings is 2. The van der Waals surface area contributed by atoms with Gasteiger partial charge in [0.15, 0.2) is 0 Å². The van der Waals surface area contributed by atoms with Gasteiger partial charge in [0, 0.05) is 25.8 Å². The number of hydrogen-bond acceptors (Lipinski definition) is 2. The molecule has 0 aliphatic carbocycles. The molecule has 2 aromatic rings. The quantitative estimate of drug-likeness (QED) is 0.919. The van der Waals surface area contributed by atoms with Crippen molar-refractivity contribution in [2.24, 2.45) is 0 Å². The second kappa shape index (κ2) is 7.02. The minimum atomic E-state index is -0.738. The highest BCUT2D eigenvalue weighted by Crippen LogP contribution is 2.19. The summed E-state index contributed by atoms with van der Waals surface area (Å²) < 4.78 is 26.7. The molecule has 0 aliphatic rings. The van der Waals surface area contributed by atoms with Crippen molar-refractivity contribution in [2.75, 3.05) is 18.5 Å². The van der Waals surface area contributed by atoms with Crippen LogP contribution in [0.5, 0.6) is 0 Å². The maximum atomic E-state index is 13.6. The molecule has 0 aromatic heterocycles. The maximum Gasteiger partial charge on any atom is 0.254 e. The monoisotopic (exact) mass is 304 g/mol. The van der Waals surface area contributed by atoms with Crippen molar-refractivity contribution < 1.29 is 13.6 Å². The second-order valence-corrected chi connectivity index (χ2v) is 4.95. The zero-order valence-electron chi connectivity index (χ0n) is 12.6. The molecular weight excluding hydrogens is 286 g/mol. The van der Waals surface area contributed by atoms with Crippen LogP contribution in [0.15, 0.2) is 42.5 Å². The lowest BCUT2D eigenvalue weighted by Crippen LogP contribution is -2.26. The Kier molecular flexibility index (Phi) is 5.09. The summed E-state index contributed by atoms with van der Waals surface area (Å²) in [5.74, 6) is -2.01. The van der Waals surface area contributed by atoms with Crippen molar-refractivity contribution in [3.63, 3.8) is 0 Å². The summed E-state index contributed by atoms with van der Waals surface area (Å²) in [5, 5.41) is 2.63. The predicted octanol–water partition coefficient (Wildman–Crippen LogP) is 3.35. The first-order chi connectivity index (χ1) is 10.5. The van der Waals surface area contributed by atoms with Crippen LogP contribution in [0.3, 0.4) is 0 Å². The Labute approximate surface area is 128 Å². The molecule has 2 aromatic carbocycles. The molecule has 2 rings (SSSR count). The predicted molar refractivity (Wildman–Crippen MR) is 82.9 cm³/mol. The topological polar surface area (TPSA) is 32.3 Å². The maximum absolute atomic E-state index is 13.6. The molecule has 116 valence electrons. The highest BCUT2D eigenvalue weighted by molar-refractivity contribution is 5.94. The van der Waals surface area contributed by atoms with E-state index in [9.17, 15) is 13.6 Å². The first kappa shape index (κ1) is 15.9. The average molecular weight is 304 g/mol. The van der Waals surface area contributed by atoms with Gasteiger partial charge in [0.25, 0.3) is 5.91 Å². The molecule has 0 aliphatic heterocycles. The molecule has 5 heteroatoms. The van der Waals surface area contributed by atoms with Gasteiger partial charge in [0.05, 0.1) is 5.56 Å². The summed E-state index contributed by atoms with van der Waals surface area (Å²) in [6.07, 6.45) is 0. The lowest BCUT2D eigenvalue weighted by Gasteiger charge is -2.20. The molecule has 0 bridgehead atoms. The number of nitrogens with zero attached hydrogens (tertiary/aromatic N) is 1. The third-order valence-corrected chi connectivity index (χ3v) is 3.49. The number of rotatable bonds is 5. The first-order valence-corrected chi connectivity index (χ1v) is 7.05. The second-order valence-electron chi connectivity index (χ2n) is 4.95. The van der Waals surface area contributed by atoms with Gasteiger partial charge in [-0.1, -0.05) is 18.2 Å². The zero-order valence-corrected chi connectivity index (χ0v) is 12.6. The number of carbonyl (C=O) groups is 1. The molecule has 22 heavy (non-hydrogen) atoms. The fourth-order valence-electron chi connectivity index (χ4n) is 2.15. The van der Waals surface area contributed by atoms with E-state index < -0.39 is 17.5 Å². The standard InChI is InChI=1S/C17H18F2N2O/c1-3-21(2)16-7-5-4-6-12(16)11-20-17(22)14-10-13(18)8-9-15(14)19/h4-10H,3,11H2,1-2H3,(H,20,22). The van der Waals surface area contributed by atoms with Gasteiger partial charge in [-0.3, -0.25) is 4.79 Å². The summed E-state index contributed by atoms with van der Waals surface area (Å²) in [6.45, 7) is 3.09. The Morgan fingerprint density at radius 2 is 1.91 bits per heavy atom. The number of anilines is 1. The minimum absolute atomic E-state index is 0.245. The Hall–Kier alpha value is -2.43. The lowest BCUT2D eigenvalue weighted by atomic mass is 10.1. The summed E-state index contributed by atoms with van der Waals surface area (Å²) in [4.78, 5) is 14.1. The van der Waals surface area contributed by atoms with E-state index in [0.29, 0.717) is 0 Å². The van der Waals surface area contributed by atoms with Gasteiger partial charge in [-0.2, -0.15) is 0 Å². The van der Waals surface area contributed by atoms with Gasteiger partial charge in [0.2, 0.25) is 0 Å². The van der Waals surface area contributed by atoms with Crippen LogP contribution in [0, 0.1) is 11.6 Å². The van der Waals surface area contributed by atoms with E-state index in [1.165, 1.54) is 0 Å². The van der Waals surface area contributed by atoms with E-state index in [1.54, 1.807) is 0 Å². The number of halogens is 2. The van der Waals surface area contributed by atoms with Crippen molar-refractivity contribution in [3.8, 4) is 0 Å². The van der Waals surface area contributed by atoms with Crippen molar-refractivity contribution >= 4 is 11.6 Å². The molecule has 0 saturated carbocycles. The molecule has 1 amide bonds. The summed E-state index contributed by atoms with van der Waals surface area (Å²) in [6, 6.07) is 10.5. The molecule has 0 heterocycles. The van der Waals surface area contributed by atoms with Gasteiger partial charge in [-0.25, -0.2) is 8.78 Å². The Morgan fingerprint density at radius 3 is 2.64 bits per heavy atom. The van der Waals surface area contributed by atoms with E-state index in [-0.39, 0.29) is 12.1 Å². The number of carbonyl (C=O) groups excluding carboxylic acids is 1. The molecule has 3 nitrogen and oxygen atoms in total. The van der Waals surface area contributed by atoms with Crippen LogP contribution >= 0.6 is 0 Å². The van der Waals surface area contributed by atoms with Crippen LogP contribution in [0.4, 0.5) is 14.5 Å². The molecule has 0 fully saturated rings. The zero-order chi connectivity index (χ0) is 16.1. The Balaban J connectivity index is 2.13. The number of amides is 1. The number of nitrogens with one attached hydrogen (secondary N) is 1. The smallest absolute Gasteiger partial charge is 0.254 e. The molecule has 0 radical (unpaired) electrons. The fourth-order valence-corrected chi connectivity index (χ4v) is 2.15. The highest BCUT2D eigenvalue weighted by atomic mass is 19.1. The van der Waals surface area contributed by atoms with Gasteiger partial charge in [0.1, 0.15) is 11.6 Å². The van der Waals surface area contributed by atoms with Gasteiger partial charge in [-0.15, -0.1) is 0 Å². The van der Waals surface area contributed by atoms with Crippen LogP contribution in [-0.2, 0) is 6.54 Å². The van der Waals surface area contributed by atoms with Crippen LogP contribution in [0.1, 0.15) is 22.8 Å². The van der Waals surface area contributed by atoms with Crippen molar-refractivity contribution in [2.45, 2.75) is 13.5 Å². The molecular formula is C17H18F2N2O. The minimum Gasteiger partial charge on any atom is -0.375 e. The van der Waals surface area contributed by atoms with Gasteiger partial charge >= 0.3 is 0 Å². The van der Waals surface area contributed by atoms with E-state index in [1.807, 2.05) is 43.1 Å². The van der Waals surface area contributed by atoms with Gasteiger partial charge < -0.3 is 10.2 Å². The Morgan fingerprint density at radius 1 is 1.18 bits per heavy atom. The van der Waals surface area contributed by atoms with Crippen molar-refractivity contribution in [1.82, 2.24) is 5.32 Å². The molecule has 0 unspecified atom stereocenters. The van der Waals surface area contributed by atoms with Crippen molar-refractivity contribution in [3.05, 3.63) is 65.2 Å². The largest absolute Gasteiger partial charge is 0.375 e. The van der Waals surface area contributed by atoms with E-state index in [0.717, 1.165) is 36.0 Å². The van der Waals surface area contributed by atoms with E-state index in [2.05, 4.69) is 5.32 Å². The van der Waals surface area contributed by atoms with Crippen LogP contribution in [-0.4, -0.2) is 19.5 Å². The first-order valence-electron chi connectivity index (χ1n) is 7.05. The van der Waals surface area contributed by atoms with Crippen LogP contribution in [0.2, 0.25) is 0 Å². The average Bonchev–Trinajstić information content (AvgIpc) is 2.54. The SMILES string of the molecule is CCN(C)c1ccccc1CNC(=O)c1cc(F)ccc1F. The van der Waals surface area contributed by atoms with Crippen molar-refractivity contribution in [1.29, 1.82) is 0 Å². The summed E-state index contributed by atoms with van der Waals surface area (Å²) in [5.41, 5.74) is 1.61.